The minimum absolute atomic E-state index is 0.409. The van der Waals surface area contributed by atoms with Crippen molar-refractivity contribution in [3.63, 3.8) is 0 Å². The molecular weight excluding hydrogens is 196 g/mol. The molecule has 1 aromatic heterocycles. The number of nitrogens with one attached hydrogen (secondary N) is 1. The molecule has 0 amide bonds. The van der Waals surface area contributed by atoms with E-state index in [0.717, 1.165) is 0 Å². The molecule has 0 fully saturated rings. The van der Waals surface area contributed by atoms with Crippen LogP contribution in [0.25, 0.3) is 10.9 Å². The van der Waals surface area contributed by atoms with E-state index in [1.54, 1.807) is 0 Å². The zero-order chi connectivity index (χ0) is 11.7. The molecule has 1 heterocycles. The molecule has 0 radical (unpaired) electrons. The predicted octanol–water partition coefficient (Wildman–Crippen LogP) is 3.50. The topological polar surface area (TPSA) is 17.0 Å². The first-order chi connectivity index (χ1) is 7.63. The molecular formula is C14H20N2. The lowest BCUT2D eigenvalue weighted by Crippen LogP contribution is -2.12. The summed E-state index contributed by atoms with van der Waals surface area (Å²) in [4.78, 5) is 0. The summed E-state index contributed by atoms with van der Waals surface area (Å²) in [6.07, 6.45) is 2.17. The fraction of sp³-hybridized carbons (Fsp3) is 0.429. The number of aromatic nitrogens is 1. The van der Waals surface area contributed by atoms with Gasteiger partial charge in [0.2, 0.25) is 0 Å². The van der Waals surface area contributed by atoms with Gasteiger partial charge in [-0.25, -0.2) is 0 Å². The third-order valence-electron chi connectivity index (χ3n) is 3.23. The van der Waals surface area contributed by atoms with Gasteiger partial charge in [0.15, 0.2) is 0 Å². The zero-order valence-electron chi connectivity index (χ0n) is 10.5. The van der Waals surface area contributed by atoms with Crippen molar-refractivity contribution in [2.24, 2.45) is 0 Å². The standard InChI is InChI=1S/C14H20N2/c1-10(2)16-8-7-13-9-12(11(3)15-4)5-6-14(13)16/h5-11,15H,1-4H3. The van der Waals surface area contributed by atoms with Gasteiger partial charge in [0, 0.05) is 23.8 Å². The van der Waals surface area contributed by atoms with Crippen molar-refractivity contribution in [1.82, 2.24) is 9.88 Å². The van der Waals surface area contributed by atoms with Crippen molar-refractivity contribution in [3.8, 4) is 0 Å². The molecule has 0 saturated heterocycles. The number of benzene rings is 1. The van der Waals surface area contributed by atoms with Crippen LogP contribution in [0.15, 0.2) is 30.5 Å². The molecule has 0 aliphatic carbocycles. The Balaban J connectivity index is 2.49. The molecule has 2 heteroatoms. The molecule has 0 aliphatic heterocycles. The summed E-state index contributed by atoms with van der Waals surface area (Å²) < 4.78 is 2.31. The van der Waals surface area contributed by atoms with E-state index in [4.69, 9.17) is 0 Å². The first-order valence-electron chi connectivity index (χ1n) is 5.91. The van der Waals surface area contributed by atoms with Crippen LogP contribution in [0.4, 0.5) is 0 Å². The average molecular weight is 216 g/mol. The molecule has 2 nitrogen and oxygen atoms in total. The summed E-state index contributed by atoms with van der Waals surface area (Å²) in [7, 11) is 1.99. The predicted molar refractivity (Wildman–Crippen MR) is 69.8 cm³/mol. The van der Waals surface area contributed by atoms with Crippen LogP contribution in [-0.2, 0) is 0 Å². The van der Waals surface area contributed by atoms with Crippen LogP contribution in [0.1, 0.15) is 38.4 Å². The highest BCUT2D eigenvalue weighted by atomic mass is 15.0. The van der Waals surface area contributed by atoms with Crippen molar-refractivity contribution in [1.29, 1.82) is 0 Å². The van der Waals surface area contributed by atoms with Gasteiger partial charge >= 0.3 is 0 Å². The maximum Gasteiger partial charge on any atom is 0.0482 e. The molecule has 86 valence electrons. The summed E-state index contributed by atoms with van der Waals surface area (Å²) in [5.41, 5.74) is 2.67. The molecule has 1 unspecified atom stereocenters. The highest BCUT2D eigenvalue weighted by Gasteiger charge is 2.07. The van der Waals surface area contributed by atoms with E-state index in [-0.39, 0.29) is 0 Å². The Kier molecular flexibility index (Phi) is 3.01. The van der Waals surface area contributed by atoms with Crippen LogP contribution in [0.5, 0.6) is 0 Å². The smallest absolute Gasteiger partial charge is 0.0482 e. The van der Waals surface area contributed by atoms with Crippen LogP contribution in [0.2, 0.25) is 0 Å². The first-order valence-corrected chi connectivity index (χ1v) is 5.91. The van der Waals surface area contributed by atoms with E-state index in [1.165, 1.54) is 16.5 Å². The number of nitrogens with zero attached hydrogens (tertiary/aromatic N) is 1. The van der Waals surface area contributed by atoms with Crippen molar-refractivity contribution in [2.45, 2.75) is 32.9 Å². The molecule has 2 aromatic rings. The van der Waals surface area contributed by atoms with Crippen molar-refractivity contribution >= 4 is 10.9 Å². The monoisotopic (exact) mass is 216 g/mol. The normalized spacial score (nSPS) is 13.6. The van der Waals surface area contributed by atoms with E-state index in [9.17, 15) is 0 Å². The fourth-order valence-corrected chi connectivity index (χ4v) is 2.07. The lowest BCUT2D eigenvalue weighted by molar-refractivity contribution is 0.622. The molecule has 2 rings (SSSR count). The van der Waals surface area contributed by atoms with Crippen LogP contribution in [0.3, 0.4) is 0 Å². The summed E-state index contributed by atoms with van der Waals surface area (Å²) in [6.45, 7) is 6.60. The maximum atomic E-state index is 3.27. The van der Waals surface area contributed by atoms with E-state index < -0.39 is 0 Å². The molecule has 0 spiro atoms. The Hall–Kier alpha value is -1.28. The van der Waals surface area contributed by atoms with E-state index in [2.05, 4.69) is 61.1 Å². The highest BCUT2D eigenvalue weighted by Crippen LogP contribution is 2.23. The van der Waals surface area contributed by atoms with Gasteiger partial charge in [0.25, 0.3) is 0 Å². The third kappa shape index (κ3) is 1.85. The summed E-state index contributed by atoms with van der Waals surface area (Å²) in [5, 5.41) is 4.60. The summed E-state index contributed by atoms with van der Waals surface area (Å²) in [6, 6.07) is 9.83. The SMILES string of the molecule is CNC(C)c1ccc2c(ccn2C(C)C)c1. The van der Waals surface area contributed by atoms with Gasteiger partial charge in [-0.2, -0.15) is 0 Å². The minimum Gasteiger partial charge on any atom is -0.345 e. The Morgan fingerprint density at radius 3 is 2.50 bits per heavy atom. The van der Waals surface area contributed by atoms with Gasteiger partial charge < -0.3 is 9.88 Å². The molecule has 0 bridgehead atoms. The second kappa shape index (κ2) is 4.30. The Labute approximate surface area is 97.3 Å². The average Bonchev–Trinajstić information content (AvgIpc) is 2.70. The van der Waals surface area contributed by atoms with Gasteiger partial charge in [-0.1, -0.05) is 6.07 Å². The van der Waals surface area contributed by atoms with Crippen LogP contribution >= 0.6 is 0 Å². The summed E-state index contributed by atoms with van der Waals surface area (Å²) in [5.74, 6) is 0. The highest BCUT2D eigenvalue weighted by molar-refractivity contribution is 5.81. The third-order valence-corrected chi connectivity index (χ3v) is 3.23. The molecule has 1 aromatic carbocycles. The number of rotatable bonds is 3. The number of hydrogen-bond acceptors (Lipinski definition) is 1. The van der Waals surface area contributed by atoms with E-state index >= 15 is 0 Å². The maximum absolute atomic E-state index is 3.27. The second-order valence-corrected chi connectivity index (χ2v) is 4.65. The van der Waals surface area contributed by atoms with E-state index in [1.807, 2.05) is 7.05 Å². The minimum atomic E-state index is 0.409. The van der Waals surface area contributed by atoms with Crippen LogP contribution < -0.4 is 5.32 Å². The summed E-state index contributed by atoms with van der Waals surface area (Å²) >= 11 is 0. The molecule has 1 N–H and O–H groups in total. The fourth-order valence-electron chi connectivity index (χ4n) is 2.07. The van der Waals surface area contributed by atoms with Gasteiger partial charge in [0.05, 0.1) is 0 Å². The van der Waals surface area contributed by atoms with Gasteiger partial charge in [-0.15, -0.1) is 0 Å². The first kappa shape index (κ1) is 11.2. The lowest BCUT2D eigenvalue weighted by Gasteiger charge is -2.12. The van der Waals surface area contributed by atoms with Crippen molar-refractivity contribution in [2.75, 3.05) is 7.05 Å². The molecule has 16 heavy (non-hydrogen) atoms. The Morgan fingerprint density at radius 2 is 1.88 bits per heavy atom. The van der Waals surface area contributed by atoms with Crippen LogP contribution in [0, 0.1) is 0 Å². The molecule has 1 atom stereocenters. The number of hydrogen-bond donors (Lipinski definition) is 1. The number of fused-ring (bicyclic) bond motifs is 1. The van der Waals surface area contributed by atoms with E-state index in [0.29, 0.717) is 12.1 Å². The largest absolute Gasteiger partial charge is 0.345 e. The zero-order valence-corrected chi connectivity index (χ0v) is 10.5. The van der Waals surface area contributed by atoms with Gasteiger partial charge in [-0.3, -0.25) is 0 Å². The molecule has 0 aliphatic rings. The lowest BCUT2D eigenvalue weighted by atomic mass is 10.1. The van der Waals surface area contributed by atoms with Gasteiger partial charge in [-0.05, 0) is 57.0 Å². The Bertz CT molecular complexity index is 482. The van der Waals surface area contributed by atoms with Crippen molar-refractivity contribution < 1.29 is 0 Å². The quantitative estimate of drug-likeness (QED) is 0.831. The Morgan fingerprint density at radius 1 is 1.12 bits per heavy atom. The van der Waals surface area contributed by atoms with Crippen LogP contribution in [-0.4, -0.2) is 11.6 Å². The second-order valence-electron chi connectivity index (χ2n) is 4.65. The van der Waals surface area contributed by atoms with Gasteiger partial charge in [0.1, 0.15) is 0 Å². The molecule has 0 saturated carbocycles. The van der Waals surface area contributed by atoms with Crippen molar-refractivity contribution in [3.05, 3.63) is 36.0 Å².